The third-order valence-electron chi connectivity index (χ3n) is 14.4. The van der Waals surface area contributed by atoms with Crippen molar-refractivity contribution < 1.29 is 69.0 Å². The molecule has 14 nitrogen and oxygen atoms in total. The van der Waals surface area contributed by atoms with Crippen LogP contribution in [-0.2, 0) is 33.2 Å². The molecule has 0 radical (unpaired) electrons. The fourth-order valence-electron chi connectivity index (χ4n) is 9.51. The molecule has 438 valence electrons. The number of aliphatic hydroxyl groups excluding tert-OH is 7. The molecule has 2 fully saturated rings. The third-order valence-corrected chi connectivity index (χ3v) is 14.4. The van der Waals surface area contributed by atoms with Gasteiger partial charge in [0.05, 0.1) is 26.4 Å². The standard InChI is InChI=1S/C61H110O14/c1-3-5-7-9-11-13-15-17-19-21-22-23-24-25-26-27-28-29-30-32-34-36-38-40-42-44-53(63)73-50(47-70-45-43-41-39-37-35-33-31-20-18-16-14-12-10-8-6-4-2)48-71-60-59(69)57(67)55(65)52(75-60)49-72-61-58(68)56(66)54(64)51(46-62)74-61/h6,8,12,14,18,20,33,35,50-52,54-62,64-69H,3-5,7,9-11,13,15-17,19,21-32,34,36-49H2,1-2H3/b8-6-,14-12-,20-18-,35-33-. The first-order chi connectivity index (χ1) is 36.6. The zero-order chi connectivity index (χ0) is 54.4. The summed E-state index contributed by atoms with van der Waals surface area (Å²) in [5.74, 6) is -0.384. The quantitative estimate of drug-likeness (QED) is 0.0172. The van der Waals surface area contributed by atoms with Crippen molar-refractivity contribution in [3.8, 4) is 0 Å². The number of carbonyl (C=O) groups excluding carboxylic acids is 1. The van der Waals surface area contributed by atoms with E-state index in [1.807, 2.05) is 0 Å². The van der Waals surface area contributed by atoms with Crippen molar-refractivity contribution in [3.05, 3.63) is 48.6 Å². The van der Waals surface area contributed by atoms with Crippen LogP contribution in [0.1, 0.15) is 232 Å². The lowest BCUT2D eigenvalue weighted by Crippen LogP contribution is -2.61. The monoisotopic (exact) mass is 1070 g/mol. The van der Waals surface area contributed by atoms with Crippen LogP contribution in [0.5, 0.6) is 0 Å². The first-order valence-corrected chi connectivity index (χ1v) is 30.2. The largest absolute Gasteiger partial charge is 0.457 e. The Morgan fingerprint density at radius 2 is 0.867 bits per heavy atom. The third kappa shape index (κ3) is 34.5. The first-order valence-electron chi connectivity index (χ1n) is 30.2. The van der Waals surface area contributed by atoms with E-state index in [1.165, 1.54) is 135 Å². The number of ether oxygens (including phenoxy) is 6. The second-order valence-electron chi connectivity index (χ2n) is 21.2. The molecule has 0 aliphatic carbocycles. The molecule has 2 heterocycles. The Balaban J connectivity index is 1.68. The second kappa shape index (κ2) is 47.9. The Kier molecular flexibility index (Phi) is 44.1. The lowest BCUT2D eigenvalue weighted by molar-refractivity contribution is -0.332. The van der Waals surface area contributed by atoms with Crippen LogP contribution < -0.4 is 0 Å². The summed E-state index contributed by atoms with van der Waals surface area (Å²) >= 11 is 0. The van der Waals surface area contributed by atoms with Crippen molar-refractivity contribution in [1.29, 1.82) is 0 Å². The predicted molar refractivity (Wildman–Crippen MR) is 298 cm³/mol. The topological polar surface area (TPSA) is 214 Å². The van der Waals surface area contributed by atoms with E-state index in [1.54, 1.807) is 0 Å². The van der Waals surface area contributed by atoms with E-state index in [2.05, 4.69) is 62.5 Å². The van der Waals surface area contributed by atoms with Crippen LogP contribution in [0.25, 0.3) is 0 Å². The highest BCUT2D eigenvalue weighted by molar-refractivity contribution is 5.69. The van der Waals surface area contributed by atoms with Gasteiger partial charge in [0.15, 0.2) is 12.6 Å². The van der Waals surface area contributed by atoms with Gasteiger partial charge in [-0.1, -0.05) is 223 Å². The minimum atomic E-state index is -1.71. The van der Waals surface area contributed by atoms with Crippen molar-refractivity contribution in [2.24, 2.45) is 0 Å². The zero-order valence-electron chi connectivity index (χ0n) is 47.0. The Hall–Kier alpha value is -2.05. The fraction of sp³-hybridized carbons (Fsp3) is 0.852. The Morgan fingerprint density at radius 1 is 0.453 bits per heavy atom. The highest BCUT2D eigenvalue weighted by Crippen LogP contribution is 2.27. The van der Waals surface area contributed by atoms with Crippen molar-refractivity contribution in [1.82, 2.24) is 0 Å². The maximum absolute atomic E-state index is 13.1. The number of rotatable bonds is 49. The molecule has 2 aliphatic rings. The molecule has 0 bridgehead atoms. The fourth-order valence-corrected chi connectivity index (χ4v) is 9.51. The number of carbonyl (C=O) groups is 1. The highest BCUT2D eigenvalue weighted by atomic mass is 16.7. The van der Waals surface area contributed by atoms with Crippen molar-refractivity contribution in [2.75, 3.05) is 33.0 Å². The number of aliphatic hydroxyl groups is 7. The average molecular weight is 1070 g/mol. The van der Waals surface area contributed by atoms with Gasteiger partial charge in [-0.25, -0.2) is 0 Å². The molecule has 0 amide bonds. The lowest BCUT2D eigenvalue weighted by atomic mass is 9.98. The molecule has 11 unspecified atom stereocenters. The van der Waals surface area contributed by atoms with Crippen LogP contribution in [-0.4, -0.2) is 142 Å². The minimum absolute atomic E-state index is 0.0414. The SMILES string of the molecule is CC/C=C\C/C=C\C/C=C\C/C=C\CCCCCOCC(COC1OC(COC2OC(CO)C(O)C(O)C2O)C(O)C(O)C1O)OC(=O)CCCCCCCCCCCCCCCCCCCCCCCCCCC. The summed E-state index contributed by atoms with van der Waals surface area (Å²) in [6.07, 6.45) is 41.9. The number of hydrogen-bond donors (Lipinski definition) is 7. The van der Waals surface area contributed by atoms with Gasteiger partial charge in [-0.2, -0.15) is 0 Å². The van der Waals surface area contributed by atoms with Crippen LogP contribution in [0.4, 0.5) is 0 Å². The summed E-state index contributed by atoms with van der Waals surface area (Å²) in [4.78, 5) is 13.1. The number of allylic oxidation sites excluding steroid dienone is 8. The summed E-state index contributed by atoms with van der Waals surface area (Å²) < 4.78 is 34.4. The van der Waals surface area contributed by atoms with Gasteiger partial charge >= 0.3 is 5.97 Å². The smallest absolute Gasteiger partial charge is 0.306 e. The van der Waals surface area contributed by atoms with E-state index >= 15 is 0 Å². The van der Waals surface area contributed by atoms with Gasteiger partial charge in [-0.15, -0.1) is 0 Å². The van der Waals surface area contributed by atoms with E-state index in [4.69, 9.17) is 28.4 Å². The van der Waals surface area contributed by atoms with Crippen molar-refractivity contribution in [2.45, 2.75) is 300 Å². The van der Waals surface area contributed by atoms with Gasteiger partial charge in [0.2, 0.25) is 0 Å². The molecule has 2 rings (SSSR count). The molecular formula is C61H110O14. The molecule has 0 aromatic heterocycles. The molecular weight excluding hydrogens is 957 g/mol. The molecule has 2 saturated heterocycles. The van der Waals surface area contributed by atoms with E-state index < -0.39 is 80.7 Å². The summed E-state index contributed by atoms with van der Waals surface area (Å²) in [7, 11) is 0. The first kappa shape index (κ1) is 69.1. The summed E-state index contributed by atoms with van der Waals surface area (Å²) in [6.45, 7) is 3.53. The molecule has 0 aromatic rings. The van der Waals surface area contributed by atoms with Gasteiger partial charge in [0, 0.05) is 13.0 Å². The van der Waals surface area contributed by atoms with Crippen LogP contribution in [0, 0.1) is 0 Å². The molecule has 0 aromatic carbocycles. The van der Waals surface area contributed by atoms with Crippen molar-refractivity contribution in [3.63, 3.8) is 0 Å². The van der Waals surface area contributed by atoms with Crippen LogP contribution in [0.3, 0.4) is 0 Å². The molecule has 75 heavy (non-hydrogen) atoms. The van der Waals surface area contributed by atoms with Gasteiger partial charge in [-0.3, -0.25) is 4.79 Å². The van der Waals surface area contributed by atoms with Gasteiger partial charge in [-0.05, 0) is 51.4 Å². The Bertz CT molecular complexity index is 1420. The second-order valence-corrected chi connectivity index (χ2v) is 21.2. The van der Waals surface area contributed by atoms with Gasteiger partial charge in [0.25, 0.3) is 0 Å². The highest BCUT2D eigenvalue weighted by Gasteiger charge is 2.47. The number of unbranched alkanes of at least 4 members (excludes halogenated alkanes) is 27. The van der Waals surface area contributed by atoms with E-state index in [-0.39, 0.29) is 25.6 Å². The summed E-state index contributed by atoms with van der Waals surface area (Å²) in [5, 5.41) is 72.3. The normalized spacial score (nSPS) is 24.9. The molecule has 0 spiro atoms. The van der Waals surface area contributed by atoms with Crippen molar-refractivity contribution >= 4 is 5.97 Å². The van der Waals surface area contributed by atoms with E-state index in [0.29, 0.717) is 13.0 Å². The van der Waals surface area contributed by atoms with Gasteiger partial charge < -0.3 is 64.2 Å². The lowest BCUT2D eigenvalue weighted by Gasteiger charge is -2.42. The van der Waals surface area contributed by atoms with Crippen LogP contribution >= 0.6 is 0 Å². The van der Waals surface area contributed by atoms with Crippen LogP contribution in [0.2, 0.25) is 0 Å². The minimum Gasteiger partial charge on any atom is -0.457 e. The molecule has 11 atom stereocenters. The van der Waals surface area contributed by atoms with E-state index in [9.17, 15) is 40.5 Å². The number of hydrogen-bond acceptors (Lipinski definition) is 14. The maximum Gasteiger partial charge on any atom is 0.306 e. The predicted octanol–water partition coefficient (Wildman–Crippen LogP) is 11.1. The summed E-state index contributed by atoms with van der Waals surface area (Å²) in [6, 6.07) is 0. The molecule has 14 heteroatoms. The zero-order valence-corrected chi connectivity index (χ0v) is 47.0. The number of esters is 1. The molecule has 2 aliphatic heterocycles. The van der Waals surface area contributed by atoms with E-state index in [0.717, 1.165) is 70.6 Å². The van der Waals surface area contributed by atoms with Gasteiger partial charge in [0.1, 0.15) is 54.9 Å². The van der Waals surface area contributed by atoms with Crippen LogP contribution in [0.15, 0.2) is 48.6 Å². The average Bonchev–Trinajstić information content (AvgIpc) is 3.41. The molecule has 0 saturated carbocycles. The Labute approximate surface area is 454 Å². The maximum atomic E-state index is 13.1. The Morgan fingerprint density at radius 3 is 1.35 bits per heavy atom. The summed E-state index contributed by atoms with van der Waals surface area (Å²) in [5.41, 5.74) is 0. The molecule has 7 N–H and O–H groups in total.